The van der Waals surface area contributed by atoms with Gasteiger partial charge in [-0.1, -0.05) is 30.3 Å². The van der Waals surface area contributed by atoms with Crippen molar-refractivity contribution in [1.82, 2.24) is 5.32 Å². The van der Waals surface area contributed by atoms with Crippen molar-refractivity contribution in [2.24, 2.45) is 0 Å². The number of fused-ring (bicyclic) bond motifs is 1. The van der Waals surface area contributed by atoms with Gasteiger partial charge in [-0.15, -0.1) is 0 Å². The van der Waals surface area contributed by atoms with Crippen LogP contribution in [0.25, 0.3) is 0 Å². The number of alkyl carbamates (subject to hydrolysis) is 1. The number of carboxylic acid groups (broad SMARTS) is 1. The van der Waals surface area contributed by atoms with Crippen LogP contribution < -0.4 is 10.1 Å². The van der Waals surface area contributed by atoms with Crippen molar-refractivity contribution in [3.8, 4) is 5.75 Å². The molecule has 2 N–H and O–H groups in total. The zero-order valence-corrected chi connectivity index (χ0v) is 15.2. The first-order valence-electron chi connectivity index (χ1n) is 7.88. The van der Waals surface area contributed by atoms with Crippen molar-refractivity contribution >= 4 is 33.7 Å². The second-order valence-corrected chi connectivity index (χ2v) is 6.72. The molecule has 136 valence electrons. The van der Waals surface area contributed by atoms with Gasteiger partial charge < -0.3 is 19.9 Å². The lowest BCUT2D eigenvalue weighted by Gasteiger charge is -2.27. The summed E-state index contributed by atoms with van der Waals surface area (Å²) in [6.07, 6.45) is 0.000726. The molecule has 0 radical (unpaired) electrons. The summed E-state index contributed by atoms with van der Waals surface area (Å²) in [6, 6.07) is 12.1. The number of carbonyl (C=O) groups is 2. The van der Waals surface area contributed by atoms with E-state index in [1.807, 2.05) is 30.3 Å². The van der Waals surface area contributed by atoms with Crippen LogP contribution in [0.5, 0.6) is 5.75 Å². The van der Waals surface area contributed by atoms with Crippen LogP contribution in [0.1, 0.15) is 33.9 Å². The van der Waals surface area contributed by atoms with Gasteiger partial charge in [-0.2, -0.15) is 0 Å². The van der Waals surface area contributed by atoms with Gasteiger partial charge in [0.25, 0.3) is 0 Å². The van der Waals surface area contributed by atoms with E-state index in [9.17, 15) is 14.7 Å². The van der Waals surface area contributed by atoms with Crippen molar-refractivity contribution in [3.05, 3.63) is 59.2 Å². The van der Waals surface area contributed by atoms with E-state index in [1.165, 1.54) is 6.07 Å². The third-order valence-electron chi connectivity index (χ3n) is 3.97. The van der Waals surface area contributed by atoms with Crippen LogP contribution in [0.3, 0.4) is 0 Å². The number of ether oxygens (including phenoxy) is 2. The number of hydrogen-bond acceptors (Lipinski definition) is 5. The fourth-order valence-electron chi connectivity index (χ4n) is 2.70. The maximum absolute atomic E-state index is 12.1. The minimum absolute atomic E-state index is 0.0658. The highest BCUT2D eigenvalue weighted by atomic mass is 35.7. The second kappa shape index (κ2) is 8.33. The van der Waals surface area contributed by atoms with Crippen LogP contribution in [0.15, 0.2) is 47.4 Å². The largest absolute Gasteiger partial charge is 0.493 e. The molecule has 1 aliphatic heterocycles. The minimum Gasteiger partial charge on any atom is -0.493 e. The number of nitrogens with one attached hydrogen (secondary N) is 1. The zero-order valence-electron chi connectivity index (χ0n) is 13.6. The van der Waals surface area contributed by atoms with Crippen LogP contribution >= 0.6 is 21.7 Å². The highest BCUT2D eigenvalue weighted by molar-refractivity contribution is 8.21. The normalized spacial score (nSPS) is 15.5. The van der Waals surface area contributed by atoms with Crippen LogP contribution in [-0.2, 0) is 11.3 Å². The number of carbonyl (C=O) groups excluding carboxylic acids is 1. The first-order valence-corrected chi connectivity index (χ1v) is 9.52. The van der Waals surface area contributed by atoms with E-state index < -0.39 is 12.1 Å². The zero-order chi connectivity index (χ0) is 18.5. The molecule has 1 aliphatic rings. The second-order valence-electron chi connectivity index (χ2n) is 5.66. The molecule has 3 rings (SSSR count). The van der Waals surface area contributed by atoms with Gasteiger partial charge in [-0.3, -0.25) is 0 Å². The lowest BCUT2D eigenvalue weighted by Crippen LogP contribution is -2.32. The van der Waals surface area contributed by atoms with Gasteiger partial charge in [0.15, 0.2) is 0 Å². The molecule has 2 aromatic carbocycles. The smallest absolute Gasteiger partial charge is 0.407 e. The Kier molecular flexibility index (Phi) is 5.90. The number of benzene rings is 2. The number of amides is 1. The number of aromatic carboxylic acids is 1. The molecule has 1 atom stereocenters. The van der Waals surface area contributed by atoms with Gasteiger partial charge in [0.05, 0.1) is 18.2 Å². The Bertz CT molecular complexity index is 815. The van der Waals surface area contributed by atoms with Gasteiger partial charge in [0, 0.05) is 16.9 Å². The average Bonchev–Trinajstić information content (AvgIpc) is 2.66. The lowest BCUT2D eigenvalue weighted by molar-refractivity contribution is 0.0692. The minimum atomic E-state index is -1.09. The molecule has 0 saturated heterocycles. The van der Waals surface area contributed by atoms with Crippen LogP contribution in [-0.4, -0.2) is 23.8 Å². The topological polar surface area (TPSA) is 84.9 Å². The molecule has 0 aromatic heterocycles. The van der Waals surface area contributed by atoms with Gasteiger partial charge in [0.1, 0.15) is 12.4 Å². The fraction of sp³-hybridized carbons (Fsp3) is 0.222. The third-order valence-corrected chi connectivity index (χ3v) is 4.97. The van der Waals surface area contributed by atoms with Crippen LogP contribution in [0.4, 0.5) is 4.79 Å². The average molecular weight is 394 g/mol. The standard InChI is InChI=1S/C18H16ClNO5S/c19-26-16-9-12-14(6-7-24-15(12)8-13(16)17(21)22)20-18(23)25-10-11-4-2-1-3-5-11/h1-5,8-9,14H,6-7,10H2,(H,20,23)(H,21,22)/t14-/m0/s1. The maximum atomic E-state index is 12.1. The first-order chi connectivity index (χ1) is 12.6. The Balaban J connectivity index is 1.72. The summed E-state index contributed by atoms with van der Waals surface area (Å²) in [7, 11) is 6.61. The summed E-state index contributed by atoms with van der Waals surface area (Å²) >= 11 is 0. The molecule has 0 bridgehead atoms. The van der Waals surface area contributed by atoms with Crippen molar-refractivity contribution in [1.29, 1.82) is 0 Å². The van der Waals surface area contributed by atoms with Gasteiger partial charge in [0.2, 0.25) is 0 Å². The predicted molar refractivity (Wildman–Crippen MR) is 97.7 cm³/mol. The number of hydrogen-bond donors (Lipinski definition) is 2. The molecule has 0 aliphatic carbocycles. The van der Waals surface area contributed by atoms with E-state index in [0.717, 1.165) is 16.5 Å². The van der Waals surface area contributed by atoms with Gasteiger partial charge in [-0.25, -0.2) is 9.59 Å². The Labute approximate surface area is 158 Å². The fourth-order valence-corrected chi connectivity index (χ4v) is 3.49. The van der Waals surface area contributed by atoms with Gasteiger partial charge in [-0.05, 0) is 39.4 Å². The summed E-state index contributed by atoms with van der Waals surface area (Å²) in [4.78, 5) is 23.8. The maximum Gasteiger partial charge on any atom is 0.407 e. The van der Waals surface area contributed by atoms with Crippen LogP contribution in [0.2, 0.25) is 0 Å². The summed E-state index contributed by atoms with van der Waals surface area (Å²) < 4.78 is 10.8. The Morgan fingerprint density at radius 3 is 2.77 bits per heavy atom. The van der Waals surface area contributed by atoms with E-state index in [4.69, 9.17) is 20.2 Å². The molecule has 0 saturated carbocycles. The molecule has 1 heterocycles. The van der Waals surface area contributed by atoms with Crippen LogP contribution in [0, 0.1) is 0 Å². The summed E-state index contributed by atoms with van der Waals surface area (Å²) in [6.45, 7) is 0.534. The van der Waals surface area contributed by atoms with Crippen molar-refractivity contribution in [2.75, 3.05) is 6.61 Å². The van der Waals surface area contributed by atoms with E-state index in [1.54, 1.807) is 6.07 Å². The quantitative estimate of drug-likeness (QED) is 0.784. The van der Waals surface area contributed by atoms with E-state index >= 15 is 0 Å². The monoisotopic (exact) mass is 393 g/mol. The molecule has 1 amide bonds. The Morgan fingerprint density at radius 2 is 2.08 bits per heavy atom. The molecule has 8 heteroatoms. The summed E-state index contributed by atoms with van der Waals surface area (Å²) in [5.74, 6) is -0.659. The third kappa shape index (κ3) is 4.23. The molecule has 2 aromatic rings. The molecule has 0 fully saturated rings. The first kappa shape index (κ1) is 18.4. The van der Waals surface area contributed by atoms with Crippen molar-refractivity contribution < 1.29 is 24.2 Å². The highest BCUT2D eigenvalue weighted by Gasteiger charge is 2.27. The predicted octanol–water partition coefficient (Wildman–Crippen LogP) is 4.38. The Morgan fingerprint density at radius 1 is 1.31 bits per heavy atom. The van der Waals surface area contributed by atoms with E-state index in [2.05, 4.69) is 5.32 Å². The summed E-state index contributed by atoms with van der Waals surface area (Å²) in [5, 5.41) is 12.1. The van der Waals surface area contributed by atoms with E-state index in [0.29, 0.717) is 29.2 Å². The molecule has 6 nitrogen and oxygen atoms in total. The van der Waals surface area contributed by atoms with Crippen molar-refractivity contribution in [2.45, 2.75) is 24.0 Å². The van der Waals surface area contributed by atoms with Crippen molar-refractivity contribution in [3.63, 3.8) is 0 Å². The Hall–Kier alpha value is -2.38. The molecule has 0 spiro atoms. The highest BCUT2D eigenvalue weighted by Crippen LogP contribution is 2.38. The number of carboxylic acids is 1. The number of rotatable bonds is 5. The SMILES string of the molecule is O=C(N[C@H]1CCOc2cc(C(=O)O)c(SCl)cc21)OCc1ccccc1. The molecule has 0 unspecified atom stereocenters. The summed E-state index contributed by atoms with van der Waals surface area (Å²) in [5.41, 5.74) is 1.64. The molecular formula is C18H16ClNO5S. The number of halogens is 1. The lowest BCUT2D eigenvalue weighted by atomic mass is 9.99. The molecule has 26 heavy (non-hydrogen) atoms. The molecular weight excluding hydrogens is 378 g/mol. The van der Waals surface area contributed by atoms with E-state index in [-0.39, 0.29) is 18.2 Å². The van der Waals surface area contributed by atoms with Gasteiger partial charge >= 0.3 is 12.1 Å².